The van der Waals surface area contributed by atoms with Gasteiger partial charge in [-0.1, -0.05) is 13.3 Å². The minimum Gasteiger partial charge on any atom is -0.477 e. The van der Waals surface area contributed by atoms with E-state index in [0.717, 1.165) is 19.4 Å². The Morgan fingerprint density at radius 1 is 1.43 bits per heavy atom. The second-order valence-corrected chi connectivity index (χ2v) is 2.81. The van der Waals surface area contributed by atoms with Crippen molar-refractivity contribution < 1.29 is 4.74 Å². The molecule has 0 aromatic carbocycles. The molecule has 78 valence electrons. The summed E-state index contributed by atoms with van der Waals surface area (Å²) in [6, 6.07) is 0. The van der Waals surface area contributed by atoms with Gasteiger partial charge in [-0.25, -0.2) is 0 Å². The molecule has 0 fully saturated rings. The number of nitrogens with two attached hydrogens (primary N) is 1. The van der Waals surface area contributed by atoms with Crippen molar-refractivity contribution in [3.63, 3.8) is 0 Å². The summed E-state index contributed by atoms with van der Waals surface area (Å²) >= 11 is 0. The average Bonchev–Trinajstić information content (AvgIpc) is 2.19. The van der Waals surface area contributed by atoms with Gasteiger partial charge in [0.25, 0.3) is 5.88 Å². The number of ether oxygens (including phenoxy) is 1. The lowest BCUT2D eigenvalue weighted by atomic mass is 10.3. The zero-order valence-electron chi connectivity index (χ0n) is 8.45. The van der Waals surface area contributed by atoms with Gasteiger partial charge in [0.15, 0.2) is 5.82 Å². The zero-order chi connectivity index (χ0) is 10.4. The molecule has 14 heavy (non-hydrogen) atoms. The van der Waals surface area contributed by atoms with E-state index in [0.29, 0.717) is 11.7 Å². The third-order valence-electron chi connectivity index (χ3n) is 1.69. The monoisotopic (exact) mass is 197 g/mol. The molecule has 0 unspecified atom stereocenters. The SMILES string of the molecule is CCCCNc1nc(N)nnc1OC. The molecule has 0 radical (unpaired) electrons. The summed E-state index contributed by atoms with van der Waals surface area (Å²) in [6.45, 7) is 2.94. The van der Waals surface area contributed by atoms with E-state index in [1.165, 1.54) is 7.11 Å². The third-order valence-corrected chi connectivity index (χ3v) is 1.69. The second-order valence-electron chi connectivity index (χ2n) is 2.81. The van der Waals surface area contributed by atoms with E-state index in [9.17, 15) is 0 Å². The molecule has 0 atom stereocenters. The molecular formula is C8H15N5O. The van der Waals surface area contributed by atoms with Crippen molar-refractivity contribution in [3.05, 3.63) is 0 Å². The third kappa shape index (κ3) is 2.72. The van der Waals surface area contributed by atoms with Crippen LogP contribution in [0.2, 0.25) is 0 Å². The number of hydrogen-bond donors (Lipinski definition) is 2. The molecule has 0 amide bonds. The van der Waals surface area contributed by atoms with Gasteiger partial charge in [0.2, 0.25) is 5.95 Å². The lowest BCUT2D eigenvalue weighted by Crippen LogP contribution is -2.09. The topological polar surface area (TPSA) is 86.0 Å². The Bertz CT molecular complexity index is 291. The molecule has 0 aliphatic rings. The van der Waals surface area contributed by atoms with Crippen molar-refractivity contribution in [1.29, 1.82) is 0 Å². The Morgan fingerprint density at radius 2 is 2.21 bits per heavy atom. The summed E-state index contributed by atoms with van der Waals surface area (Å²) in [5.41, 5.74) is 5.41. The molecule has 1 heterocycles. The predicted molar refractivity (Wildman–Crippen MR) is 54.2 cm³/mol. The first-order valence-corrected chi connectivity index (χ1v) is 4.56. The van der Waals surface area contributed by atoms with Crippen LogP contribution in [0.1, 0.15) is 19.8 Å². The number of aromatic nitrogens is 3. The van der Waals surface area contributed by atoms with E-state index in [-0.39, 0.29) is 5.95 Å². The van der Waals surface area contributed by atoms with Gasteiger partial charge in [0.05, 0.1) is 7.11 Å². The largest absolute Gasteiger partial charge is 0.477 e. The first kappa shape index (κ1) is 10.5. The van der Waals surface area contributed by atoms with Crippen LogP contribution >= 0.6 is 0 Å². The zero-order valence-corrected chi connectivity index (χ0v) is 8.45. The van der Waals surface area contributed by atoms with Crippen molar-refractivity contribution in [2.45, 2.75) is 19.8 Å². The molecule has 3 N–H and O–H groups in total. The van der Waals surface area contributed by atoms with Crippen LogP contribution < -0.4 is 15.8 Å². The first-order valence-electron chi connectivity index (χ1n) is 4.56. The van der Waals surface area contributed by atoms with E-state index >= 15 is 0 Å². The van der Waals surface area contributed by atoms with Gasteiger partial charge in [-0.05, 0) is 6.42 Å². The summed E-state index contributed by atoms with van der Waals surface area (Å²) in [5, 5.41) is 10.4. The van der Waals surface area contributed by atoms with Crippen molar-refractivity contribution in [1.82, 2.24) is 15.2 Å². The van der Waals surface area contributed by atoms with Crippen LogP contribution in [-0.2, 0) is 0 Å². The van der Waals surface area contributed by atoms with Gasteiger partial charge < -0.3 is 15.8 Å². The minimum absolute atomic E-state index is 0.143. The molecule has 0 saturated heterocycles. The lowest BCUT2D eigenvalue weighted by molar-refractivity contribution is 0.392. The second kappa shape index (κ2) is 5.21. The molecule has 0 aliphatic heterocycles. The van der Waals surface area contributed by atoms with Crippen molar-refractivity contribution >= 4 is 11.8 Å². The summed E-state index contributed by atoms with van der Waals surface area (Å²) in [5.74, 6) is 1.06. The maximum atomic E-state index is 5.41. The van der Waals surface area contributed by atoms with Gasteiger partial charge in [-0.3, -0.25) is 0 Å². The van der Waals surface area contributed by atoms with Crippen LogP contribution in [0.25, 0.3) is 0 Å². The van der Waals surface area contributed by atoms with E-state index < -0.39 is 0 Å². The van der Waals surface area contributed by atoms with Crippen molar-refractivity contribution in [2.75, 3.05) is 24.7 Å². The maximum Gasteiger partial charge on any atom is 0.276 e. The number of hydrogen-bond acceptors (Lipinski definition) is 6. The molecule has 0 saturated carbocycles. The highest BCUT2D eigenvalue weighted by Gasteiger charge is 2.06. The van der Waals surface area contributed by atoms with Gasteiger partial charge in [0.1, 0.15) is 0 Å². The predicted octanol–water partition coefficient (Wildman–Crippen LogP) is 0.674. The normalized spacial score (nSPS) is 9.86. The number of methoxy groups -OCH3 is 1. The number of rotatable bonds is 5. The molecule has 6 nitrogen and oxygen atoms in total. The average molecular weight is 197 g/mol. The molecule has 6 heteroatoms. The van der Waals surface area contributed by atoms with Crippen LogP contribution in [0.15, 0.2) is 0 Å². The molecule has 1 aromatic heterocycles. The molecule has 1 aromatic rings. The summed E-state index contributed by atoms with van der Waals surface area (Å²) in [4.78, 5) is 3.98. The highest BCUT2D eigenvalue weighted by atomic mass is 16.5. The summed E-state index contributed by atoms with van der Waals surface area (Å²) in [7, 11) is 1.52. The summed E-state index contributed by atoms with van der Waals surface area (Å²) < 4.78 is 4.98. The number of anilines is 2. The van der Waals surface area contributed by atoms with Crippen molar-refractivity contribution in [2.24, 2.45) is 0 Å². The molecule has 1 rings (SSSR count). The smallest absolute Gasteiger partial charge is 0.276 e. The molecule has 0 spiro atoms. The Labute approximate surface area is 82.9 Å². The fraction of sp³-hybridized carbons (Fsp3) is 0.625. The van der Waals surface area contributed by atoms with E-state index in [1.807, 2.05) is 0 Å². The van der Waals surface area contributed by atoms with Gasteiger partial charge in [0, 0.05) is 6.54 Å². The Balaban J connectivity index is 2.67. The van der Waals surface area contributed by atoms with E-state index in [4.69, 9.17) is 10.5 Å². The maximum absolute atomic E-state index is 5.41. The number of nitrogen functional groups attached to an aromatic ring is 1. The van der Waals surface area contributed by atoms with Gasteiger partial charge >= 0.3 is 0 Å². The quantitative estimate of drug-likeness (QED) is 0.675. The standard InChI is InChI=1S/C8H15N5O/c1-3-4-5-10-6-7(14-2)12-13-8(9)11-6/h3-5H2,1-2H3,(H3,9,10,11,13). The molecule has 0 bridgehead atoms. The number of nitrogens with zero attached hydrogens (tertiary/aromatic N) is 3. The van der Waals surface area contributed by atoms with Crippen LogP contribution in [0, 0.1) is 0 Å². The number of unbranched alkanes of at least 4 members (excludes halogenated alkanes) is 1. The van der Waals surface area contributed by atoms with Crippen LogP contribution in [0.4, 0.5) is 11.8 Å². The van der Waals surface area contributed by atoms with Crippen LogP contribution in [0.5, 0.6) is 5.88 Å². The summed E-state index contributed by atoms with van der Waals surface area (Å²) in [6.07, 6.45) is 2.18. The highest BCUT2D eigenvalue weighted by Crippen LogP contribution is 2.17. The minimum atomic E-state index is 0.143. The Hall–Kier alpha value is -1.59. The van der Waals surface area contributed by atoms with E-state index in [2.05, 4.69) is 27.4 Å². The fourth-order valence-corrected chi connectivity index (χ4v) is 0.965. The highest BCUT2D eigenvalue weighted by molar-refractivity contribution is 5.46. The van der Waals surface area contributed by atoms with Gasteiger partial charge in [-0.15, -0.1) is 10.2 Å². The van der Waals surface area contributed by atoms with E-state index in [1.54, 1.807) is 0 Å². The Kier molecular flexibility index (Phi) is 3.90. The fourth-order valence-electron chi connectivity index (χ4n) is 0.965. The first-order chi connectivity index (χ1) is 6.77. The van der Waals surface area contributed by atoms with Crippen molar-refractivity contribution in [3.8, 4) is 5.88 Å². The Morgan fingerprint density at radius 3 is 2.86 bits per heavy atom. The lowest BCUT2D eigenvalue weighted by Gasteiger charge is -2.07. The number of nitrogens with one attached hydrogen (secondary N) is 1. The van der Waals surface area contributed by atoms with Crippen LogP contribution in [-0.4, -0.2) is 28.8 Å². The molecular weight excluding hydrogens is 182 g/mol. The van der Waals surface area contributed by atoms with Gasteiger partial charge in [-0.2, -0.15) is 4.98 Å². The molecule has 0 aliphatic carbocycles. The van der Waals surface area contributed by atoms with Crippen LogP contribution in [0.3, 0.4) is 0 Å².